The molecule has 1 unspecified atom stereocenters. The third-order valence-electron chi connectivity index (χ3n) is 5.79. The summed E-state index contributed by atoms with van der Waals surface area (Å²) in [6, 6.07) is 14.1. The van der Waals surface area contributed by atoms with Crippen LogP contribution in [-0.4, -0.2) is 30.9 Å². The first-order valence-corrected chi connectivity index (χ1v) is 15.9. The Morgan fingerprint density at radius 3 is 1.83 bits per heavy atom. The summed E-state index contributed by atoms with van der Waals surface area (Å²) in [5.74, 6) is 1.32. The first-order valence-electron chi connectivity index (χ1n) is 12.7. The van der Waals surface area contributed by atoms with E-state index in [2.05, 4.69) is 37.6 Å². The number of nitrogens with one attached hydrogen (secondary N) is 1. The molecule has 1 atom stereocenters. The van der Waals surface area contributed by atoms with Gasteiger partial charge in [-0.1, -0.05) is 76.0 Å². The Bertz CT molecular complexity index is 942. The van der Waals surface area contributed by atoms with Crippen molar-refractivity contribution in [1.29, 1.82) is 0 Å². The molecule has 196 valence electrons. The van der Waals surface area contributed by atoms with Crippen molar-refractivity contribution in [3.8, 4) is 0 Å². The SMILES string of the molecule is CCCCCCCCCCCC(=O)Nc1ccc([S+](C)CC)cc1.Cc1ccc(S(=O)(=O)[O-])cc1. The van der Waals surface area contributed by atoms with E-state index in [-0.39, 0.29) is 10.8 Å². The normalized spacial score (nSPS) is 11.9. The molecule has 0 spiro atoms. The largest absolute Gasteiger partial charge is 0.744 e. The Balaban J connectivity index is 0.000000462. The minimum atomic E-state index is -4.27. The van der Waals surface area contributed by atoms with Gasteiger partial charge in [-0.05, 0) is 56.7 Å². The summed E-state index contributed by atoms with van der Waals surface area (Å²) in [5, 5.41) is 3.02. The van der Waals surface area contributed by atoms with Crippen molar-refractivity contribution < 1.29 is 17.8 Å². The van der Waals surface area contributed by atoms with Crippen LogP contribution in [0.25, 0.3) is 0 Å². The molecular formula is C28H43NO4S2. The number of benzene rings is 2. The van der Waals surface area contributed by atoms with Gasteiger partial charge in [0.15, 0.2) is 4.90 Å². The minimum absolute atomic E-state index is 0.150. The number of aryl methyl sites for hydroxylation is 1. The van der Waals surface area contributed by atoms with E-state index in [1.54, 1.807) is 12.1 Å². The summed E-state index contributed by atoms with van der Waals surface area (Å²) >= 11 is 0. The van der Waals surface area contributed by atoms with Crippen molar-refractivity contribution in [2.45, 2.75) is 94.8 Å². The van der Waals surface area contributed by atoms with E-state index >= 15 is 0 Å². The third kappa shape index (κ3) is 14.4. The van der Waals surface area contributed by atoms with E-state index in [9.17, 15) is 17.8 Å². The van der Waals surface area contributed by atoms with Crippen molar-refractivity contribution in [3.05, 3.63) is 54.1 Å². The van der Waals surface area contributed by atoms with Crippen LogP contribution < -0.4 is 5.32 Å². The lowest BCUT2D eigenvalue weighted by atomic mass is 10.1. The highest BCUT2D eigenvalue weighted by molar-refractivity contribution is 7.96. The molecule has 1 N–H and O–H groups in total. The third-order valence-corrected chi connectivity index (χ3v) is 8.58. The molecule has 0 aliphatic rings. The Hall–Kier alpha value is -1.83. The number of carbonyl (C=O) groups is 1. The number of rotatable bonds is 14. The molecule has 0 saturated heterocycles. The lowest BCUT2D eigenvalue weighted by molar-refractivity contribution is -0.116. The van der Waals surface area contributed by atoms with Gasteiger partial charge in [0.25, 0.3) is 0 Å². The van der Waals surface area contributed by atoms with E-state index in [0.29, 0.717) is 17.3 Å². The fourth-order valence-electron chi connectivity index (χ4n) is 3.46. The molecule has 0 fully saturated rings. The number of anilines is 1. The quantitative estimate of drug-likeness (QED) is 0.164. The van der Waals surface area contributed by atoms with E-state index in [0.717, 1.165) is 17.7 Å². The summed E-state index contributed by atoms with van der Waals surface area (Å²) in [6.07, 6.45) is 14.5. The molecule has 2 aromatic rings. The van der Waals surface area contributed by atoms with Crippen LogP contribution in [0.1, 0.15) is 83.6 Å². The summed E-state index contributed by atoms with van der Waals surface area (Å²) in [7, 11) is -3.95. The van der Waals surface area contributed by atoms with Gasteiger partial charge in [0.05, 0.1) is 4.90 Å². The van der Waals surface area contributed by atoms with Gasteiger partial charge in [-0.25, -0.2) is 8.42 Å². The average Bonchev–Trinajstić information content (AvgIpc) is 2.83. The number of hydrogen-bond acceptors (Lipinski definition) is 4. The van der Waals surface area contributed by atoms with Crippen LogP contribution in [0.3, 0.4) is 0 Å². The van der Waals surface area contributed by atoms with Crippen LogP contribution >= 0.6 is 0 Å². The van der Waals surface area contributed by atoms with Gasteiger partial charge < -0.3 is 9.87 Å². The highest BCUT2D eigenvalue weighted by Crippen LogP contribution is 2.16. The second-order valence-corrected chi connectivity index (χ2v) is 12.5. The van der Waals surface area contributed by atoms with Gasteiger partial charge in [0.2, 0.25) is 5.91 Å². The Morgan fingerprint density at radius 1 is 0.829 bits per heavy atom. The lowest BCUT2D eigenvalue weighted by Gasteiger charge is -2.06. The Labute approximate surface area is 216 Å². The highest BCUT2D eigenvalue weighted by atomic mass is 32.2. The molecule has 0 bridgehead atoms. The molecule has 5 nitrogen and oxygen atoms in total. The Kier molecular flexibility index (Phi) is 15.7. The molecule has 0 radical (unpaired) electrons. The zero-order chi connectivity index (χ0) is 26.1. The van der Waals surface area contributed by atoms with Crippen molar-refractivity contribution in [2.24, 2.45) is 0 Å². The zero-order valence-corrected chi connectivity index (χ0v) is 23.5. The van der Waals surface area contributed by atoms with Crippen molar-refractivity contribution in [2.75, 3.05) is 17.3 Å². The molecule has 0 heterocycles. The van der Waals surface area contributed by atoms with Crippen LogP contribution in [0.5, 0.6) is 0 Å². The van der Waals surface area contributed by atoms with Crippen molar-refractivity contribution in [3.63, 3.8) is 0 Å². The van der Waals surface area contributed by atoms with Gasteiger partial charge in [0, 0.05) is 23.0 Å². The predicted molar refractivity (Wildman–Crippen MR) is 148 cm³/mol. The first-order chi connectivity index (χ1) is 16.7. The lowest BCUT2D eigenvalue weighted by Crippen LogP contribution is -2.11. The fourth-order valence-corrected chi connectivity index (χ4v) is 4.87. The van der Waals surface area contributed by atoms with Crippen molar-refractivity contribution >= 4 is 32.6 Å². The monoisotopic (exact) mass is 521 g/mol. The number of carbonyl (C=O) groups excluding carboxylic acids is 1. The van der Waals surface area contributed by atoms with Crippen LogP contribution in [-0.2, 0) is 25.8 Å². The molecule has 7 heteroatoms. The molecule has 0 aromatic heterocycles. The summed E-state index contributed by atoms with van der Waals surface area (Å²) in [5.41, 5.74) is 1.85. The van der Waals surface area contributed by atoms with Crippen LogP contribution in [0.4, 0.5) is 5.69 Å². The van der Waals surface area contributed by atoms with Gasteiger partial charge in [-0.3, -0.25) is 4.79 Å². The maximum atomic E-state index is 12.0. The molecule has 2 rings (SSSR count). The van der Waals surface area contributed by atoms with E-state index < -0.39 is 10.1 Å². The summed E-state index contributed by atoms with van der Waals surface area (Å²) in [6.45, 7) is 6.29. The topological polar surface area (TPSA) is 86.3 Å². The van der Waals surface area contributed by atoms with E-state index in [1.165, 1.54) is 74.1 Å². The molecule has 0 aliphatic heterocycles. The van der Waals surface area contributed by atoms with Gasteiger partial charge >= 0.3 is 0 Å². The second kappa shape index (κ2) is 17.6. The standard InChI is InChI=1S/C21H35NOS.C7H8O3S/c1-4-6-7-8-9-10-11-12-13-14-21(23)22-19-15-17-20(18-16-19)24(3)5-2;1-6-2-4-7(5-3-6)11(8,9)10/h15-18H,4-14H2,1-3H3;2-5H,1H3,(H,8,9,10). The molecule has 35 heavy (non-hydrogen) atoms. The van der Waals surface area contributed by atoms with Gasteiger partial charge in [-0.2, -0.15) is 0 Å². The average molecular weight is 522 g/mol. The fraction of sp³-hybridized carbons (Fsp3) is 0.536. The Morgan fingerprint density at radius 2 is 1.34 bits per heavy atom. The molecule has 2 aromatic carbocycles. The van der Waals surface area contributed by atoms with E-state index in [4.69, 9.17) is 0 Å². The highest BCUT2D eigenvalue weighted by Gasteiger charge is 2.12. The number of unbranched alkanes of at least 4 members (excludes halogenated alkanes) is 8. The first kappa shape index (κ1) is 31.2. The van der Waals surface area contributed by atoms with E-state index in [1.807, 2.05) is 19.1 Å². The minimum Gasteiger partial charge on any atom is -0.744 e. The van der Waals surface area contributed by atoms with Crippen LogP contribution in [0, 0.1) is 6.92 Å². The smallest absolute Gasteiger partial charge is 0.224 e. The maximum Gasteiger partial charge on any atom is 0.224 e. The van der Waals surface area contributed by atoms with Crippen LogP contribution in [0.2, 0.25) is 0 Å². The molecular weight excluding hydrogens is 478 g/mol. The molecule has 0 aliphatic carbocycles. The maximum absolute atomic E-state index is 12.0. The predicted octanol–water partition coefficient (Wildman–Crippen LogP) is 7.07. The zero-order valence-electron chi connectivity index (χ0n) is 21.8. The molecule has 1 amide bonds. The summed E-state index contributed by atoms with van der Waals surface area (Å²) in [4.78, 5) is 13.2. The van der Waals surface area contributed by atoms with Crippen molar-refractivity contribution in [1.82, 2.24) is 0 Å². The molecule has 0 saturated carbocycles. The second-order valence-electron chi connectivity index (χ2n) is 8.84. The number of amides is 1. The van der Waals surface area contributed by atoms with Gasteiger partial charge in [-0.15, -0.1) is 0 Å². The van der Waals surface area contributed by atoms with Crippen LogP contribution in [0.15, 0.2) is 58.3 Å². The van der Waals surface area contributed by atoms with Gasteiger partial charge in [0.1, 0.15) is 22.1 Å². The number of hydrogen-bond donors (Lipinski definition) is 1. The summed E-state index contributed by atoms with van der Waals surface area (Å²) < 4.78 is 31.2.